The second-order valence-electron chi connectivity index (χ2n) is 6.10. The summed E-state index contributed by atoms with van der Waals surface area (Å²) in [5.41, 5.74) is 2.81. The van der Waals surface area contributed by atoms with E-state index in [2.05, 4.69) is 5.32 Å². The molecule has 29 heavy (non-hydrogen) atoms. The first-order chi connectivity index (χ1) is 14.1. The van der Waals surface area contributed by atoms with Gasteiger partial charge in [-0.3, -0.25) is 4.79 Å². The van der Waals surface area contributed by atoms with Gasteiger partial charge in [0.15, 0.2) is 6.61 Å². The minimum atomic E-state index is -0.610. The van der Waals surface area contributed by atoms with E-state index >= 15 is 0 Å². The van der Waals surface area contributed by atoms with E-state index in [9.17, 15) is 9.59 Å². The normalized spacial score (nSPS) is 10.3. The highest BCUT2D eigenvalue weighted by molar-refractivity contribution is 7.98. The number of ether oxygens (including phenoxy) is 2. The van der Waals surface area contributed by atoms with Crippen LogP contribution in [0.15, 0.2) is 77.7 Å². The van der Waals surface area contributed by atoms with Crippen LogP contribution in [0, 0.1) is 0 Å². The van der Waals surface area contributed by atoms with Crippen molar-refractivity contribution in [2.45, 2.75) is 4.90 Å². The lowest BCUT2D eigenvalue weighted by Crippen LogP contribution is -2.21. The predicted molar refractivity (Wildman–Crippen MR) is 116 cm³/mol. The topological polar surface area (TPSA) is 64.6 Å². The fourth-order valence-electron chi connectivity index (χ4n) is 2.82. The van der Waals surface area contributed by atoms with Crippen LogP contribution in [0.1, 0.15) is 10.4 Å². The monoisotopic (exact) mass is 407 g/mol. The second-order valence-corrected chi connectivity index (χ2v) is 6.98. The fourth-order valence-corrected chi connectivity index (χ4v) is 3.25. The molecule has 3 aromatic carbocycles. The maximum Gasteiger partial charge on any atom is 0.342 e. The van der Waals surface area contributed by atoms with Crippen LogP contribution in [-0.2, 0) is 9.53 Å². The number of nitrogens with one attached hydrogen (secondary N) is 1. The predicted octanol–water partition coefficient (Wildman–Crippen LogP) is 4.88. The number of thioether (sulfide) groups is 1. The van der Waals surface area contributed by atoms with Gasteiger partial charge in [0.1, 0.15) is 11.3 Å². The summed E-state index contributed by atoms with van der Waals surface area (Å²) in [6, 6.07) is 22.4. The first-order valence-electron chi connectivity index (χ1n) is 8.96. The number of methoxy groups -OCH3 is 1. The van der Waals surface area contributed by atoms with E-state index in [-0.39, 0.29) is 5.56 Å². The standard InChI is InChI=1S/C23H21NO4S/c1-27-21-14-17(29-2)12-13-19(21)23(26)28-15-22(25)24-20-11-7-6-10-18(20)16-8-4-3-5-9-16/h3-14H,15H2,1-2H3,(H,24,25). The number of esters is 1. The van der Waals surface area contributed by atoms with Crippen molar-refractivity contribution in [2.24, 2.45) is 0 Å². The summed E-state index contributed by atoms with van der Waals surface area (Å²) in [5.74, 6) is -0.612. The van der Waals surface area contributed by atoms with E-state index in [4.69, 9.17) is 9.47 Å². The third kappa shape index (κ3) is 5.18. The van der Waals surface area contributed by atoms with Gasteiger partial charge in [-0.05, 0) is 36.1 Å². The highest BCUT2D eigenvalue weighted by atomic mass is 32.2. The summed E-state index contributed by atoms with van der Waals surface area (Å²) >= 11 is 1.54. The molecule has 0 aromatic heterocycles. The quantitative estimate of drug-likeness (QED) is 0.447. The molecule has 0 spiro atoms. The maximum atomic E-state index is 12.4. The van der Waals surface area contributed by atoms with Crippen molar-refractivity contribution in [3.8, 4) is 16.9 Å². The second kappa shape index (κ2) is 9.80. The average Bonchev–Trinajstić information content (AvgIpc) is 2.78. The number of carbonyl (C=O) groups is 2. The van der Waals surface area contributed by atoms with Gasteiger partial charge < -0.3 is 14.8 Å². The molecule has 0 saturated heterocycles. The molecule has 3 aromatic rings. The molecular formula is C23H21NO4S. The highest BCUT2D eigenvalue weighted by Gasteiger charge is 2.16. The zero-order chi connectivity index (χ0) is 20.6. The molecule has 6 heteroatoms. The molecule has 3 rings (SSSR count). The van der Waals surface area contributed by atoms with Crippen LogP contribution in [0.5, 0.6) is 5.75 Å². The minimum Gasteiger partial charge on any atom is -0.496 e. The Balaban J connectivity index is 1.66. The summed E-state index contributed by atoms with van der Waals surface area (Å²) < 4.78 is 10.4. The Morgan fingerprint density at radius 3 is 2.41 bits per heavy atom. The number of anilines is 1. The van der Waals surface area contributed by atoms with Gasteiger partial charge in [0.05, 0.1) is 7.11 Å². The lowest BCUT2D eigenvalue weighted by atomic mass is 10.0. The molecule has 0 radical (unpaired) electrons. The Bertz CT molecular complexity index is 1000. The SMILES string of the molecule is COc1cc(SC)ccc1C(=O)OCC(=O)Nc1ccccc1-c1ccccc1. The first kappa shape index (κ1) is 20.5. The third-order valence-electron chi connectivity index (χ3n) is 4.25. The summed E-state index contributed by atoms with van der Waals surface area (Å²) in [5, 5.41) is 2.81. The number of hydrogen-bond acceptors (Lipinski definition) is 5. The van der Waals surface area contributed by atoms with E-state index in [1.165, 1.54) is 7.11 Å². The number of hydrogen-bond donors (Lipinski definition) is 1. The Morgan fingerprint density at radius 2 is 1.69 bits per heavy atom. The van der Waals surface area contributed by atoms with Gasteiger partial charge in [-0.1, -0.05) is 48.5 Å². The average molecular weight is 407 g/mol. The van der Waals surface area contributed by atoms with Crippen molar-refractivity contribution < 1.29 is 19.1 Å². The van der Waals surface area contributed by atoms with E-state index in [1.807, 2.05) is 60.9 Å². The van der Waals surface area contributed by atoms with Gasteiger partial charge in [0.2, 0.25) is 0 Å². The van der Waals surface area contributed by atoms with Crippen LogP contribution in [0.2, 0.25) is 0 Å². The Kier molecular flexibility index (Phi) is 6.92. The largest absolute Gasteiger partial charge is 0.496 e. The van der Waals surface area contributed by atoms with E-state index in [0.717, 1.165) is 16.0 Å². The molecule has 0 aliphatic rings. The van der Waals surface area contributed by atoms with E-state index in [1.54, 1.807) is 30.0 Å². The molecule has 5 nitrogen and oxygen atoms in total. The minimum absolute atomic E-state index is 0.280. The van der Waals surface area contributed by atoms with E-state index < -0.39 is 18.5 Å². The Morgan fingerprint density at radius 1 is 0.966 bits per heavy atom. The molecular weight excluding hydrogens is 386 g/mol. The van der Waals surface area contributed by atoms with Gasteiger partial charge >= 0.3 is 5.97 Å². The van der Waals surface area contributed by atoms with Gasteiger partial charge in [-0.15, -0.1) is 11.8 Å². The third-order valence-corrected chi connectivity index (χ3v) is 4.97. The molecule has 1 N–H and O–H groups in total. The fraction of sp³-hybridized carbons (Fsp3) is 0.130. The van der Waals surface area contributed by atoms with Crippen molar-refractivity contribution in [1.82, 2.24) is 0 Å². The van der Waals surface area contributed by atoms with Gasteiger partial charge in [0.25, 0.3) is 5.91 Å². The van der Waals surface area contributed by atoms with Crippen LogP contribution >= 0.6 is 11.8 Å². The van der Waals surface area contributed by atoms with Crippen LogP contribution in [0.4, 0.5) is 5.69 Å². The van der Waals surface area contributed by atoms with Crippen LogP contribution in [0.25, 0.3) is 11.1 Å². The Hall–Kier alpha value is -3.25. The molecule has 0 heterocycles. The molecule has 0 atom stereocenters. The molecule has 0 unspecified atom stereocenters. The summed E-state index contributed by atoms with van der Waals surface area (Å²) in [6.07, 6.45) is 1.93. The summed E-state index contributed by atoms with van der Waals surface area (Å²) in [7, 11) is 1.49. The van der Waals surface area contributed by atoms with E-state index in [0.29, 0.717) is 11.4 Å². The highest BCUT2D eigenvalue weighted by Crippen LogP contribution is 2.28. The first-order valence-corrected chi connectivity index (χ1v) is 10.2. The zero-order valence-electron chi connectivity index (χ0n) is 16.2. The lowest BCUT2D eigenvalue weighted by molar-refractivity contribution is -0.119. The number of rotatable bonds is 7. The molecule has 0 aliphatic heterocycles. The number of para-hydroxylation sites is 1. The van der Waals surface area contributed by atoms with Crippen LogP contribution in [-0.4, -0.2) is 31.8 Å². The van der Waals surface area contributed by atoms with Gasteiger partial charge in [0, 0.05) is 16.1 Å². The molecule has 0 aliphatic carbocycles. The summed E-state index contributed by atoms with van der Waals surface area (Å²) in [4.78, 5) is 25.7. The van der Waals surface area contributed by atoms with Crippen molar-refractivity contribution >= 4 is 29.3 Å². The van der Waals surface area contributed by atoms with Crippen molar-refractivity contribution in [1.29, 1.82) is 0 Å². The van der Waals surface area contributed by atoms with Crippen molar-refractivity contribution in [2.75, 3.05) is 25.3 Å². The van der Waals surface area contributed by atoms with Gasteiger partial charge in [-0.25, -0.2) is 4.79 Å². The maximum absolute atomic E-state index is 12.4. The number of benzene rings is 3. The lowest BCUT2D eigenvalue weighted by Gasteiger charge is -2.12. The van der Waals surface area contributed by atoms with Crippen molar-refractivity contribution in [3.63, 3.8) is 0 Å². The molecule has 1 amide bonds. The summed E-state index contributed by atoms with van der Waals surface area (Å²) in [6.45, 7) is -0.393. The van der Waals surface area contributed by atoms with Crippen molar-refractivity contribution in [3.05, 3.63) is 78.4 Å². The zero-order valence-corrected chi connectivity index (χ0v) is 17.0. The Labute approximate surface area is 174 Å². The van der Waals surface area contributed by atoms with Crippen LogP contribution in [0.3, 0.4) is 0 Å². The number of carbonyl (C=O) groups excluding carboxylic acids is 2. The number of amides is 1. The molecule has 148 valence electrons. The van der Waals surface area contributed by atoms with Crippen LogP contribution < -0.4 is 10.1 Å². The molecule has 0 bridgehead atoms. The molecule has 0 saturated carbocycles. The van der Waals surface area contributed by atoms with Gasteiger partial charge in [-0.2, -0.15) is 0 Å². The smallest absolute Gasteiger partial charge is 0.342 e. The molecule has 0 fully saturated rings.